The topological polar surface area (TPSA) is 55.8 Å². The molecule has 2 aromatic carbocycles. The fraction of sp³-hybridized carbons (Fsp3) is 0.409. The molecule has 0 spiro atoms. The Hall–Kier alpha value is -2.53. The molecule has 0 aromatic heterocycles. The van der Waals surface area contributed by atoms with Gasteiger partial charge < -0.3 is 20.2 Å². The lowest BCUT2D eigenvalue weighted by atomic mass is 9.86. The van der Waals surface area contributed by atoms with Crippen LogP contribution in [0.3, 0.4) is 0 Å². The molecule has 1 heterocycles. The second-order valence-electron chi connectivity index (χ2n) is 7.67. The van der Waals surface area contributed by atoms with Crippen LogP contribution >= 0.6 is 0 Å². The Labute approximate surface area is 160 Å². The predicted octanol–water partition coefficient (Wildman–Crippen LogP) is 2.43. The smallest absolute Gasteiger partial charge is 0.251 e. The number of aromatic hydroxyl groups is 1. The molecule has 0 radical (unpaired) electrons. The molecule has 1 amide bonds. The molecular formula is C22H27N3O2. The number of hydrogen-bond donors (Lipinski definition) is 2. The van der Waals surface area contributed by atoms with Crippen LogP contribution in [0.1, 0.15) is 27.9 Å². The van der Waals surface area contributed by atoms with E-state index in [2.05, 4.69) is 40.4 Å². The van der Waals surface area contributed by atoms with E-state index in [9.17, 15) is 9.90 Å². The van der Waals surface area contributed by atoms with Gasteiger partial charge >= 0.3 is 0 Å². The van der Waals surface area contributed by atoms with Crippen LogP contribution in [-0.2, 0) is 12.8 Å². The molecule has 2 aromatic rings. The molecule has 0 bridgehead atoms. The molecule has 1 atom stereocenters. The summed E-state index contributed by atoms with van der Waals surface area (Å²) in [6.07, 6.45) is 2.84. The number of carbonyl (C=O) groups excluding carboxylic acids is 1. The average Bonchev–Trinajstić information content (AvgIpc) is 2.69. The highest BCUT2D eigenvalue weighted by atomic mass is 16.3. The van der Waals surface area contributed by atoms with Crippen molar-refractivity contribution in [1.29, 1.82) is 0 Å². The van der Waals surface area contributed by atoms with Crippen LogP contribution in [0.5, 0.6) is 5.75 Å². The molecule has 27 heavy (non-hydrogen) atoms. The van der Waals surface area contributed by atoms with Crippen molar-refractivity contribution in [2.45, 2.75) is 25.3 Å². The highest BCUT2D eigenvalue weighted by Crippen LogP contribution is 2.31. The number of likely N-dealkylation sites (N-methyl/N-ethyl adjacent to an activating group) is 1. The molecule has 4 rings (SSSR count). The Morgan fingerprint density at radius 1 is 1.07 bits per heavy atom. The highest BCUT2D eigenvalue weighted by Gasteiger charge is 2.25. The highest BCUT2D eigenvalue weighted by molar-refractivity contribution is 5.94. The Morgan fingerprint density at radius 2 is 1.81 bits per heavy atom. The molecule has 142 valence electrons. The second kappa shape index (κ2) is 7.61. The molecule has 1 aliphatic heterocycles. The van der Waals surface area contributed by atoms with E-state index >= 15 is 0 Å². The number of benzene rings is 2. The number of fused-ring (bicyclic) bond motifs is 1. The van der Waals surface area contributed by atoms with E-state index in [1.54, 1.807) is 24.3 Å². The number of hydrogen-bond acceptors (Lipinski definition) is 4. The molecule has 0 saturated carbocycles. The zero-order valence-electron chi connectivity index (χ0n) is 15.8. The molecule has 2 aliphatic rings. The van der Waals surface area contributed by atoms with Crippen LogP contribution in [0.4, 0.5) is 5.69 Å². The van der Waals surface area contributed by atoms with Gasteiger partial charge in [-0.3, -0.25) is 4.79 Å². The zero-order chi connectivity index (χ0) is 18.8. The zero-order valence-corrected chi connectivity index (χ0v) is 15.8. The summed E-state index contributed by atoms with van der Waals surface area (Å²) in [5.74, 6) is 0.107. The lowest BCUT2D eigenvalue weighted by molar-refractivity contribution is 0.0933. The van der Waals surface area contributed by atoms with Crippen molar-refractivity contribution in [2.75, 3.05) is 38.1 Å². The van der Waals surface area contributed by atoms with Gasteiger partial charge in [-0.2, -0.15) is 0 Å². The van der Waals surface area contributed by atoms with Crippen LogP contribution in [0.15, 0.2) is 42.5 Å². The van der Waals surface area contributed by atoms with Crippen molar-refractivity contribution in [1.82, 2.24) is 10.2 Å². The van der Waals surface area contributed by atoms with E-state index in [4.69, 9.17) is 0 Å². The first-order chi connectivity index (χ1) is 13.1. The van der Waals surface area contributed by atoms with Gasteiger partial charge in [-0.05, 0) is 67.8 Å². The average molecular weight is 365 g/mol. The summed E-state index contributed by atoms with van der Waals surface area (Å²) >= 11 is 0. The Morgan fingerprint density at radius 3 is 2.56 bits per heavy atom. The number of aryl methyl sites for hydroxylation is 1. The van der Waals surface area contributed by atoms with Gasteiger partial charge in [0.2, 0.25) is 0 Å². The van der Waals surface area contributed by atoms with Crippen LogP contribution in [-0.4, -0.2) is 55.2 Å². The first-order valence-electron chi connectivity index (χ1n) is 9.74. The number of amides is 1. The van der Waals surface area contributed by atoms with Crippen molar-refractivity contribution >= 4 is 11.6 Å². The fourth-order valence-corrected chi connectivity index (χ4v) is 4.12. The Bertz CT molecular complexity index is 811. The quantitative estimate of drug-likeness (QED) is 0.877. The molecule has 1 saturated heterocycles. The number of carbonyl (C=O) groups is 1. The number of rotatable bonds is 3. The number of nitrogens with one attached hydrogen (secondary N) is 1. The third-order valence-corrected chi connectivity index (χ3v) is 5.77. The minimum Gasteiger partial charge on any atom is -0.508 e. The minimum atomic E-state index is -0.0690. The number of anilines is 1. The maximum Gasteiger partial charge on any atom is 0.251 e. The maximum absolute atomic E-state index is 12.6. The summed E-state index contributed by atoms with van der Waals surface area (Å²) in [6.45, 7) is 4.28. The van der Waals surface area contributed by atoms with Crippen LogP contribution < -0.4 is 10.2 Å². The van der Waals surface area contributed by atoms with Crippen molar-refractivity contribution in [3.8, 4) is 5.75 Å². The van der Waals surface area contributed by atoms with E-state index in [1.165, 1.54) is 16.8 Å². The Kier molecular flexibility index (Phi) is 5.03. The number of phenols is 1. The van der Waals surface area contributed by atoms with E-state index in [-0.39, 0.29) is 17.7 Å². The first-order valence-corrected chi connectivity index (χ1v) is 9.74. The minimum absolute atomic E-state index is 0.0690. The molecule has 2 N–H and O–H groups in total. The van der Waals surface area contributed by atoms with E-state index in [1.807, 2.05) is 0 Å². The lowest BCUT2D eigenvalue weighted by Gasteiger charge is -2.37. The van der Waals surface area contributed by atoms with Crippen LogP contribution in [0.2, 0.25) is 0 Å². The molecule has 1 aliphatic carbocycles. The first kappa shape index (κ1) is 17.9. The lowest BCUT2D eigenvalue weighted by Crippen LogP contribution is -2.45. The third-order valence-electron chi connectivity index (χ3n) is 5.77. The largest absolute Gasteiger partial charge is 0.508 e. The molecule has 1 fully saturated rings. The normalized spacial score (nSPS) is 20.2. The molecule has 5 nitrogen and oxygen atoms in total. The van der Waals surface area contributed by atoms with Crippen molar-refractivity contribution in [2.24, 2.45) is 0 Å². The van der Waals surface area contributed by atoms with E-state index < -0.39 is 0 Å². The van der Waals surface area contributed by atoms with Gasteiger partial charge in [-0.25, -0.2) is 0 Å². The Balaban J connectivity index is 1.49. The summed E-state index contributed by atoms with van der Waals surface area (Å²) in [7, 11) is 2.17. The van der Waals surface area contributed by atoms with Gasteiger partial charge in [-0.15, -0.1) is 0 Å². The van der Waals surface area contributed by atoms with E-state index in [0.29, 0.717) is 5.56 Å². The standard InChI is InChI=1S/C22H27N3O2/c1-24-11-13-25(14-12-24)21-4-2-3-16-5-8-18(15-20(16)21)23-22(27)17-6-9-19(26)10-7-17/h2-4,6-7,9-10,18,26H,5,8,11-15H2,1H3,(H,23,27). The fourth-order valence-electron chi connectivity index (χ4n) is 4.12. The number of nitrogens with zero attached hydrogens (tertiary/aromatic N) is 2. The summed E-state index contributed by atoms with van der Waals surface area (Å²) in [5.41, 5.74) is 4.74. The number of phenolic OH excluding ortho intramolecular Hbond substituents is 1. The van der Waals surface area contributed by atoms with Crippen molar-refractivity contribution in [3.05, 3.63) is 59.2 Å². The maximum atomic E-state index is 12.6. The van der Waals surface area contributed by atoms with Crippen molar-refractivity contribution < 1.29 is 9.90 Å². The third kappa shape index (κ3) is 3.93. The SMILES string of the molecule is CN1CCN(c2cccc3c2CC(NC(=O)c2ccc(O)cc2)CC3)CC1. The summed E-state index contributed by atoms with van der Waals surface area (Å²) in [5, 5.41) is 12.6. The molecule has 1 unspecified atom stereocenters. The summed E-state index contributed by atoms with van der Waals surface area (Å²) in [6, 6.07) is 13.2. The van der Waals surface area contributed by atoms with Crippen LogP contribution in [0, 0.1) is 0 Å². The monoisotopic (exact) mass is 365 g/mol. The summed E-state index contributed by atoms with van der Waals surface area (Å²) in [4.78, 5) is 17.4. The predicted molar refractivity (Wildman–Crippen MR) is 108 cm³/mol. The second-order valence-corrected chi connectivity index (χ2v) is 7.67. The van der Waals surface area contributed by atoms with Crippen LogP contribution in [0.25, 0.3) is 0 Å². The number of piperazine rings is 1. The van der Waals surface area contributed by atoms with E-state index in [0.717, 1.165) is 45.4 Å². The van der Waals surface area contributed by atoms with Gasteiger partial charge in [-0.1, -0.05) is 12.1 Å². The van der Waals surface area contributed by atoms with Gasteiger partial charge in [0.05, 0.1) is 0 Å². The molecule has 5 heteroatoms. The van der Waals surface area contributed by atoms with Gasteiger partial charge in [0.1, 0.15) is 5.75 Å². The van der Waals surface area contributed by atoms with Gasteiger partial charge in [0, 0.05) is 43.5 Å². The molecular weight excluding hydrogens is 338 g/mol. The van der Waals surface area contributed by atoms with Crippen molar-refractivity contribution in [3.63, 3.8) is 0 Å². The summed E-state index contributed by atoms with van der Waals surface area (Å²) < 4.78 is 0. The van der Waals surface area contributed by atoms with Gasteiger partial charge in [0.25, 0.3) is 5.91 Å². The van der Waals surface area contributed by atoms with Gasteiger partial charge in [0.15, 0.2) is 0 Å².